The van der Waals surface area contributed by atoms with E-state index in [0.29, 0.717) is 6.61 Å². The van der Waals surface area contributed by atoms with Crippen LogP contribution in [0.4, 0.5) is 0 Å². The first kappa shape index (κ1) is 18.3. The van der Waals surface area contributed by atoms with Gasteiger partial charge in [0.2, 0.25) is 0 Å². The molecule has 0 aliphatic carbocycles. The Kier molecular flexibility index (Phi) is 6.96. The molecule has 7 heteroatoms. The lowest BCUT2D eigenvalue weighted by Crippen LogP contribution is -2.36. The summed E-state index contributed by atoms with van der Waals surface area (Å²) in [4.78, 5) is 15.8. The molecule has 0 fully saturated rings. The predicted octanol–water partition coefficient (Wildman–Crippen LogP) is 2.89. The van der Waals surface area contributed by atoms with Crippen LogP contribution in [0.3, 0.4) is 0 Å². The molecular weight excluding hydrogens is 356 g/mol. The van der Waals surface area contributed by atoms with E-state index >= 15 is 0 Å². The number of rotatable bonds is 6. The van der Waals surface area contributed by atoms with Gasteiger partial charge in [-0.25, -0.2) is 8.93 Å². The van der Waals surface area contributed by atoms with Crippen molar-refractivity contribution in [1.29, 1.82) is 0 Å². The summed E-state index contributed by atoms with van der Waals surface area (Å²) >= 11 is 3.35. The topological polar surface area (TPSA) is 68.3 Å². The van der Waals surface area contributed by atoms with E-state index < -0.39 is 21.8 Å². The lowest BCUT2D eigenvalue weighted by atomic mass is 10.1. The molecule has 0 radical (unpaired) electrons. The quantitative estimate of drug-likeness (QED) is 0.774. The highest BCUT2D eigenvalue weighted by Gasteiger charge is 2.25. The van der Waals surface area contributed by atoms with Crippen molar-refractivity contribution in [2.24, 2.45) is 0 Å². The van der Waals surface area contributed by atoms with Gasteiger partial charge in [-0.1, -0.05) is 0 Å². The van der Waals surface area contributed by atoms with Crippen LogP contribution >= 0.6 is 15.9 Å². The van der Waals surface area contributed by atoms with Crippen molar-refractivity contribution in [1.82, 2.24) is 9.71 Å². The minimum Gasteiger partial charge on any atom is -0.466 e. The van der Waals surface area contributed by atoms with E-state index in [1.54, 1.807) is 19.3 Å². The summed E-state index contributed by atoms with van der Waals surface area (Å²) in [6, 6.07) is 1.44. The Morgan fingerprint density at radius 1 is 1.48 bits per heavy atom. The first-order chi connectivity index (χ1) is 9.74. The van der Waals surface area contributed by atoms with Gasteiger partial charge in [-0.15, -0.1) is 0 Å². The number of halogens is 1. The van der Waals surface area contributed by atoms with Gasteiger partial charge in [0.05, 0.1) is 34.8 Å². The van der Waals surface area contributed by atoms with Crippen LogP contribution in [0.5, 0.6) is 0 Å². The molecule has 5 nitrogen and oxygen atoms in total. The number of nitrogens with zero attached hydrogens (tertiary/aromatic N) is 1. The number of nitrogens with one attached hydrogen (secondary N) is 1. The summed E-state index contributed by atoms with van der Waals surface area (Å²) in [6.07, 6.45) is 3.42. The standard InChI is InChI=1S/C14H21BrN2O3S/c1-5-20-13(18)7-12(17-21(19)14(2,3)4)10-6-11(15)9-16-8-10/h6,8-9,12,17H,5,7H2,1-4H3/t12-,21+/m0/s1. The van der Waals surface area contributed by atoms with Gasteiger partial charge in [-0.3, -0.25) is 9.78 Å². The molecule has 1 heterocycles. The zero-order valence-corrected chi connectivity index (χ0v) is 15.1. The molecule has 118 valence electrons. The van der Waals surface area contributed by atoms with Crippen molar-refractivity contribution < 1.29 is 13.7 Å². The Morgan fingerprint density at radius 2 is 2.14 bits per heavy atom. The number of aromatic nitrogens is 1. The summed E-state index contributed by atoms with van der Waals surface area (Å²) < 4.78 is 20.6. The molecule has 21 heavy (non-hydrogen) atoms. The van der Waals surface area contributed by atoms with Gasteiger partial charge in [0.1, 0.15) is 0 Å². The maximum Gasteiger partial charge on any atom is 0.307 e. The SMILES string of the molecule is CCOC(=O)C[C@H](N[S@](=O)C(C)(C)C)c1cncc(Br)c1. The smallest absolute Gasteiger partial charge is 0.307 e. The molecule has 0 saturated heterocycles. The molecule has 1 rings (SSSR count). The minimum atomic E-state index is -1.30. The molecule has 2 atom stereocenters. The van der Waals surface area contributed by atoms with E-state index in [2.05, 4.69) is 25.6 Å². The molecule has 1 N–H and O–H groups in total. The number of esters is 1. The lowest BCUT2D eigenvalue weighted by molar-refractivity contribution is -0.143. The highest BCUT2D eigenvalue weighted by atomic mass is 79.9. The largest absolute Gasteiger partial charge is 0.466 e. The summed E-state index contributed by atoms with van der Waals surface area (Å²) in [7, 11) is -1.30. The van der Waals surface area contributed by atoms with E-state index in [4.69, 9.17) is 4.74 Å². The van der Waals surface area contributed by atoms with Crippen molar-refractivity contribution in [3.05, 3.63) is 28.5 Å². The fourth-order valence-electron chi connectivity index (χ4n) is 1.54. The van der Waals surface area contributed by atoms with E-state index in [9.17, 15) is 9.00 Å². The zero-order chi connectivity index (χ0) is 16.0. The summed E-state index contributed by atoms with van der Waals surface area (Å²) in [6.45, 7) is 7.70. The van der Waals surface area contributed by atoms with Crippen LogP contribution in [0.15, 0.2) is 22.9 Å². The second kappa shape index (κ2) is 8.00. The number of pyridine rings is 1. The van der Waals surface area contributed by atoms with Crippen LogP contribution in [-0.2, 0) is 20.5 Å². The predicted molar refractivity (Wildman–Crippen MR) is 87.0 cm³/mol. The van der Waals surface area contributed by atoms with Crippen LogP contribution in [0, 0.1) is 0 Å². The number of carbonyl (C=O) groups is 1. The molecule has 0 unspecified atom stereocenters. The third kappa shape index (κ3) is 6.23. The first-order valence-corrected chi connectivity index (χ1v) is 8.62. The molecule has 1 aromatic heterocycles. The number of hydrogen-bond donors (Lipinski definition) is 1. The fourth-order valence-corrected chi connectivity index (χ4v) is 2.75. The molecule has 0 bridgehead atoms. The number of hydrogen-bond acceptors (Lipinski definition) is 4. The summed E-state index contributed by atoms with van der Waals surface area (Å²) in [5.74, 6) is -0.333. The fraction of sp³-hybridized carbons (Fsp3) is 0.571. The maximum absolute atomic E-state index is 12.3. The van der Waals surface area contributed by atoms with E-state index in [1.165, 1.54) is 0 Å². The van der Waals surface area contributed by atoms with Gasteiger partial charge in [0.25, 0.3) is 0 Å². The van der Waals surface area contributed by atoms with Gasteiger partial charge < -0.3 is 4.74 Å². The molecule has 0 amide bonds. The van der Waals surface area contributed by atoms with Crippen molar-refractivity contribution >= 4 is 32.9 Å². The van der Waals surface area contributed by atoms with E-state index in [1.807, 2.05) is 26.8 Å². The number of carbonyl (C=O) groups excluding carboxylic acids is 1. The van der Waals surface area contributed by atoms with Crippen LogP contribution in [-0.4, -0.2) is 26.5 Å². The Balaban J connectivity index is 2.94. The third-order valence-corrected chi connectivity index (χ3v) is 4.65. The average Bonchev–Trinajstić information content (AvgIpc) is 2.37. The molecule has 1 aromatic rings. The molecule has 0 spiro atoms. The maximum atomic E-state index is 12.3. The van der Waals surface area contributed by atoms with Gasteiger partial charge >= 0.3 is 5.97 Å². The Hall–Kier alpha value is -0.790. The summed E-state index contributed by atoms with van der Waals surface area (Å²) in [5, 5.41) is 0. The monoisotopic (exact) mass is 376 g/mol. The first-order valence-electron chi connectivity index (χ1n) is 6.68. The average molecular weight is 377 g/mol. The van der Waals surface area contributed by atoms with Gasteiger partial charge in [-0.2, -0.15) is 0 Å². The van der Waals surface area contributed by atoms with Gasteiger partial charge in [0.15, 0.2) is 0 Å². The van der Waals surface area contributed by atoms with Crippen molar-refractivity contribution in [3.8, 4) is 0 Å². The molecule has 0 aliphatic heterocycles. The molecular formula is C14H21BrN2O3S. The Morgan fingerprint density at radius 3 is 2.67 bits per heavy atom. The van der Waals surface area contributed by atoms with Crippen LogP contribution in [0.25, 0.3) is 0 Å². The summed E-state index contributed by atoms with van der Waals surface area (Å²) in [5.41, 5.74) is 0.787. The van der Waals surface area contributed by atoms with E-state index in [0.717, 1.165) is 10.0 Å². The van der Waals surface area contributed by atoms with Crippen molar-refractivity contribution in [3.63, 3.8) is 0 Å². The normalized spacial score (nSPS) is 14.5. The third-order valence-electron chi connectivity index (χ3n) is 2.61. The van der Waals surface area contributed by atoms with Crippen molar-refractivity contribution in [2.75, 3.05) is 6.61 Å². The highest BCUT2D eigenvalue weighted by Crippen LogP contribution is 2.22. The Bertz CT molecular complexity index is 517. The van der Waals surface area contributed by atoms with E-state index in [-0.39, 0.29) is 12.4 Å². The second-order valence-electron chi connectivity index (χ2n) is 5.50. The van der Waals surface area contributed by atoms with Gasteiger partial charge in [0, 0.05) is 16.9 Å². The van der Waals surface area contributed by atoms with Crippen LogP contribution in [0.1, 0.15) is 45.7 Å². The zero-order valence-electron chi connectivity index (χ0n) is 12.7. The molecule has 0 aromatic carbocycles. The van der Waals surface area contributed by atoms with Crippen molar-refractivity contribution in [2.45, 2.75) is 44.9 Å². The van der Waals surface area contributed by atoms with Crippen LogP contribution < -0.4 is 4.72 Å². The Labute approximate surface area is 136 Å². The minimum absolute atomic E-state index is 0.105. The van der Waals surface area contributed by atoms with Gasteiger partial charge in [-0.05, 0) is 55.3 Å². The van der Waals surface area contributed by atoms with Crippen LogP contribution in [0.2, 0.25) is 0 Å². The number of ether oxygens (including phenoxy) is 1. The molecule has 0 aliphatic rings. The second-order valence-corrected chi connectivity index (χ2v) is 8.41. The highest BCUT2D eigenvalue weighted by molar-refractivity contribution is 9.10. The lowest BCUT2D eigenvalue weighted by Gasteiger charge is -2.24. The molecule has 0 saturated carbocycles.